The monoisotopic (exact) mass is 426 g/mol. The summed E-state index contributed by atoms with van der Waals surface area (Å²) in [4.78, 5) is 16.4. The van der Waals surface area contributed by atoms with E-state index in [1.807, 2.05) is 0 Å². The molecular weight excluding hydrogens is 411 g/mol. The van der Waals surface area contributed by atoms with Crippen LogP contribution in [-0.4, -0.2) is 40.9 Å². The number of benzene rings is 1. The molecule has 4 aromatic rings. The number of halogens is 2. The number of hydrogen-bond acceptors (Lipinski definition) is 6. The zero-order valence-electron chi connectivity index (χ0n) is 15.8. The van der Waals surface area contributed by atoms with Gasteiger partial charge in [-0.1, -0.05) is 17.7 Å². The van der Waals surface area contributed by atoms with E-state index in [0.717, 1.165) is 11.1 Å². The molecule has 0 aliphatic carbocycles. The zero-order chi connectivity index (χ0) is 21.1. The van der Waals surface area contributed by atoms with Crippen molar-refractivity contribution in [3.8, 4) is 5.69 Å². The van der Waals surface area contributed by atoms with Crippen molar-refractivity contribution in [2.45, 2.75) is 20.0 Å². The van der Waals surface area contributed by atoms with Gasteiger partial charge in [0.25, 0.3) is 5.91 Å². The second-order valence-corrected chi connectivity index (χ2v) is 6.95. The largest absolute Gasteiger partial charge is 0.348 e. The topological polar surface area (TPSA) is 103 Å². The Balaban J connectivity index is 1.45. The Bertz CT molecular complexity index is 1190. The zero-order valence-corrected chi connectivity index (χ0v) is 16.6. The van der Waals surface area contributed by atoms with Gasteiger partial charge in [-0.15, -0.1) is 5.10 Å². The van der Waals surface area contributed by atoms with Gasteiger partial charge in [0, 0.05) is 23.5 Å². The highest BCUT2D eigenvalue weighted by Crippen LogP contribution is 2.19. The lowest BCUT2D eigenvalue weighted by Crippen LogP contribution is -2.23. The third-order valence-electron chi connectivity index (χ3n) is 4.47. The van der Waals surface area contributed by atoms with Crippen LogP contribution in [0.2, 0.25) is 5.02 Å². The molecule has 0 radical (unpaired) electrons. The van der Waals surface area contributed by atoms with E-state index >= 15 is 0 Å². The normalized spacial score (nSPS) is 10.9. The summed E-state index contributed by atoms with van der Waals surface area (Å²) in [6.45, 7) is 2.33. The molecule has 0 saturated heterocycles. The summed E-state index contributed by atoms with van der Waals surface area (Å²) in [6, 6.07) is 8.19. The molecule has 9 nitrogen and oxygen atoms in total. The van der Waals surface area contributed by atoms with Gasteiger partial charge in [0.15, 0.2) is 0 Å². The van der Waals surface area contributed by atoms with Crippen molar-refractivity contribution in [2.75, 3.05) is 0 Å². The van der Waals surface area contributed by atoms with Crippen LogP contribution in [0, 0.1) is 12.9 Å². The van der Waals surface area contributed by atoms with Crippen molar-refractivity contribution in [1.29, 1.82) is 0 Å². The number of rotatable bonds is 6. The fraction of sp³-hybridized carbons (Fsp3) is 0.158. The number of nitrogens with one attached hydrogen (secondary N) is 1. The molecule has 0 aliphatic heterocycles. The van der Waals surface area contributed by atoms with Gasteiger partial charge in [0.2, 0.25) is 5.95 Å². The Labute approximate surface area is 175 Å². The van der Waals surface area contributed by atoms with Crippen molar-refractivity contribution in [2.24, 2.45) is 0 Å². The number of carbonyl (C=O) groups excluding carboxylic acids is 1. The molecule has 0 aliphatic rings. The van der Waals surface area contributed by atoms with E-state index in [9.17, 15) is 9.18 Å². The maximum atomic E-state index is 13.2. The molecule has 4 rings (SSSR count). The molecule has 1 N–H and O–H groups in total. The van der Waals surface area contributed by atoms with E-state index in [1.54, 1.807) is 42.1 Å². The Morgan fingerprint density at radius 3 is 2.87 bits per heavy atom. The minimum absolute atomic E-state index is 0.223. The number of amides is 1. The van der Waals surface area contributed by atoms with Crippen molar-refractivity contribution in [3.63, 3.8) is 0 Å². The van der Waals surface area contributed by atoms with Gasteiger partial charge < -0.3 is 5.32 Å². The highest BCUT2D eigenvalue weighted by Gasteiger charge is 2.12. The molecule has 1 aromatic carbocycles. The van der Waals surface area contributed by atoms with E-state index in [1.165, 1.54) is 23.3 Å². The van der Waals surface area contributed by atoms with E-state index in [0.29, 0.717) is 28.5 Å². The number of pyridine rings is 1. The number of nitrogens with zero attached hydrogens (tertiary/aromatic N) is 7. The molecule has 0 unspecified atom stereocenters. The number of carbonyl (C=O) groups is 1. The first-order chi connectivity index (χ1) is 14.5. The molecule has 152 valence electrons. The molecule has 1 amide bonds. The summed E-state index contributed by atoms with van der Waals surface area (Å²) in [6.07, 6.45) is 4.56. The van der Waals surface area contributed by atoms with Crippen molar-refractivity contribution in [3.05, 3.63) is 82.4 Å². The summed E-state index contributed by atoms with van der Waals surface area (Å²) in [5.41, 5.74) is 3.25. The predicted octanol–water partition coefficient (Wildman–Crippen LogP) is 2.33. The van der Waals surface area contributed by atoms with Gasteiger partial charge >= 0.3 is 0 Å². The molecule has 0 fully saturated rings. The Kier molecular flexibility index (Phi) is 5.48. The summed E-state index contributed by atoms with van der Waals surface area (Å²) in [5, 5.41) is 18.7. The molecule has 3 heterocycles. The molecule has 0 spiro atoms. The van der Waals surface area contributed by atoms with E-state index in [-0.39, 0.29) is 12.5 Å². The van der Waals surface area contributed by atoms with Crippen LogP contribution >= 0.6 is 11.6 Å². The van der Waals surface area contributed by atoms with Crippen LogP contribution in [-0.2, 0) is 13.1 Å². The summed E-state index contributed by atoms with van der Waals surface area (Å²) in [5.74, 6) is -0.823. The maximum absolute atomic E-state index is 13.2. The maximum Gasteiger partial charge on any atom is 0.254 e. The lowest BCUT2D eigenvalue weighted by molar-refractivity contribution is 0.0951. The minimum atomic E-state index is -0.529. The van der Waals surface area contributed by atoms with Crippen molar-refractivity contribution in [1.82, 2.24) is 40.3 Å². The number of tetrazole rings is 1. The first kappa shape index (κ1) is 19.6. The average molecular weight is 427 g/mol. The molecule has 0 atom stereocenters. The van der Waals surface area contributed by atoms with E-state index in [4.69, 9.17) is 11.6 Å². The van der Waals surface area contributed by atoms with Crippen molar-refractivity contribution < 1.29 is 9.18 Å². The standard InChI is InChI=1S/C19H16ClFN8O/c1-12-13(2-5-18(21)25-12)9-28-10-15(8-24-28)19(30)22-7-14-6-16(20)3-4-17(14)29-11-23-26-27-29/h2-6,8,10-11H,7,9H2,1H3,(H,22,30). The number of hydrogen-bond donors (Lipinski definition) is 1. The van der Waals surface area contributed by atoms with Crippen molar-refractivity contribution >= 4 is 17.5 Å². The SMILES string of the molecule is Cc1nc(F)ccc1Cn1cc(C(=O)NCc2cc(Cl)ccc2-n2cnnn2)cn1. The van der Waals surface area contributed by atoms with Crippen LogP contribution in [0.5, 0.6) is 0 Å². The smallest absolute Gasteiger partial charge is 0.254 e. The third-order valence-corrected chi connectivity index (χ3v) is 4.70. The number of aromatic nitrogens is 7. The second kappa shape index (κ2) is 8.37. The fourth-order valence-corrected chi connectivity index (χ4v) is 3.13. The third kappa shape index (κ3) is 4.33. The first-order valence-corrected chi connectivity index (χ1v) is 9.32. The van der Waals surface area contributed by atoms with E-state index < -0.39 is 5.95 Å². The Morgan fingerprint density at radius 1 is 1.23 bits per heavy atom. The van der Waals surface area contributed by atoms with Crippen LogP contribution in [0.3, 0.4) is 0 Å². The van der Waals surface area contributed by atoms with Crippen LogP contribution in [0.25, 0.3) is 5.69 Å². The summed E-state index contributed by atoms with van der Waals surface area (Å²) < 4.78 is 16.3. The lowest BCUT2D eigenvalue weighted by Gasteiger charge is -2.10. The minimum Gasteiger partial charge on any atom is -0.348 e. The van der Waals surface area contributed by atoms with Crippen LogP contribution in [0.15, 0.2) is 49.1 Å². The molecule has 30 heavy (non-hydrogen) atoms. The van der Waals surface area contributed by atoms with Gasteiger partial charge in [-0.25, -0.2) is 9.67 Å². The first-order valence-electron chi connectivity index (χ1n) is 8.94. The fourth-order valence-electron chi connectivity index (χ4n) is 2.94. The molecule has 11 heteroatoms. The molecular formula is C19H16ClFN8O. The van der Waals surface area contributed by atoms with Gasteiger partial charge in [-0.2, -0.15) is 9.49 Å². The highest BCUT2D eigenvalue weighted by molar-refractivity contribution is 6.30. The Morgan fingerprint density at radius 2 is 2.10 bits per heavy atom. The van der Waals surface area contributed by atoms with Crippen LogP contribution in [0.4, 0.5) is 4.39 Å². The van der Waals surface area contributed by atoms with Gasteiger partial charge in [-0.05, 0) is 52.7 Å². The van der Waals surface area contributed by atoms with E-state index in [2.05, 4.69) is 30.9 Å². The van der Waals surface area contributed by atoms with Gasteiger partial charge in [0.05, 0.1) is 24.0 Å². The summed E-state index contributed by atoms with van der Waals surface area (Å²) >= 11 is 6.10. The van der Waals surface area contributed by atoms with Gasteiger partial charge in [0.1, 0.15) is 6.33 Å². The molecule has 0 saturated carbocycles. The molecule has 3 aromatic heterocycles. The highest BCUT2D eigenvalue weighted by atomic mass is 35.5. The second-order valence-electron chi connectivity index (χ2n) is 6.52. The quantitative estimate of drug-likeness (QED) is 0.474. The average Bonchev–Trinajstić information content (AvgIpc) is 3.41. The van der Waals surface area contributed by atoms with Gasteiger partial charge in [-0.3, -0.25) is 9.48 Å². The number of aryl methyl sites for hydroxylation is 1. The van der Waals surface area contributed by atoms with Crippen LogP contribution in [0.1, 0.15) is 27.2 Å². The predicted molar refractivity (Wildman–Crippen MR) is 106 cm³/mol. The molecule has 0 bridgehead atoms. The van der Waals surface area contributed by atoms with Crippen LogP contribution < -0.4 is 5.32 Å². The summed E-state index contributed by atoms with van der Waals surface area (Å²) in [7, 11) is 0. The lowest BCUT2D eigenvalue weighted by atomic mass is 10.1. The Hall–Kier alpha value is -3.66.